The first kappa shape index (κ1) is 24.4. The van der Waals surface area contributed by atoms with Crippen molar-refractivity contribution in [2.45, 2.75) is 43.9 Å². The molecule has 6 heteroatoms. The van der Waals surface area contributed by atoms with Crippen LogP contribution in [0.1, 0.15) is 32.3 Å². The second kappa shape index (κ2) is 8.97. The lowest BCUT2D eigenvalue weighted by Crippen LogP contribution is -2.62. The van der Waals surface area contributed by atoms with E-state index in [-0.39, 0.29) is 6.10 Å². The van der Waals surface area contributed by atoms with Crippen molar-refractivity contribution in [3.8, 4) is 5.75 Å². The van der Waals surface area contributed by atoms with Gasteiger partial charge in [-0.3, -0.25) is 4.99 Å². The molecule has 0 saturated carbocycles. The molecule has 1 spiro atoms. The van der Waals surface area contributed by atoms with Crippen LogP contribution in [0.3, 0.4) is 0 Å². The molecule has 0 bridgehead atoms. The standard InChI is InChI=1S/C33H35N3O3/c1-32(2)30-24-9-5-4-8-22(24)12-13-27(30)36(18-19-38-3)33(32)21-34-31-26-11-7-6-10-25(26)28(20-29(31)39-33)35-16-14-23(37)15-17-35/h4-13,20-21,23,37H,14-19H2,1-3H3. The molecule has 1 N–H and O–H groups in total. The van der Waals surface area contributed by atoms with Gasteiger partial charge in [-0.2, -0.15) is 0 Å². The van der Waals surface area contributed by atoms with E-state index >= 15 is 0 Å². The van der Waals surface area contributed by atoms with Gasteiger partial charge in [0.2, 0.25) is 5.72 Å². The molecule has 3 aliphatic rings. The average Bonchev–Trinajstić information content (AvgIpc) is 3.14. The molecular weight excluding hydrogens is 486 g/mol. The number of nitrogens with zero attached hydrogens (tertiary/aromatic N) is 3. The molecule has 1 atom stereocenters. The van der Waals surface area contributed by atoms with Gasteiger partial charge in [0.1, 0.15) is 5.69 Å². The van der Waals surface area contributed by atoms with Gasteiger partial charge in [-0.05, 0) is 49.1 Å². The summed E-state index contributed by atoms with van der Waals surface area (Å²) < 4.78 is 12.8. The zero-order valence-corrected chi connectivity index (χ0v) is 22.9. The van der Waals surface area contributed by atoms with Crippen LogP contribution in [-0.2, 0) is 10.2 Å². The minimum Gasteiger partial charge on any atom is -0.459 e. The molecule has 6 nitrogen and oxygen atoms in total. The van der Waals surface area contributed by atoms with E-state index in [0.29, 0.717) is 13.2 Å². The summed E-state index contributed by atoms with van der Waals surface area (Å²) >= 11 is 0. The number of rotatable bonds is 4. The first-order valence-electron chi connectivity index (χ1n) is 14.0. The Morgan fingerprint density at radius 1 is 0.949 bits per heavy atom. The van der Waals surface area contributed by atoms with Crippen molar-refractivity contribution in [3.05, 3.63) is 72.3 Å². The largest absolute Gasteiger partial charge is 0.459 e. The molecule has 1 fully saturated rings. The van der Waals surface area contributed by atoms with Crippen LogP contribution < -0.4 is 14.5 Å². The van der Waals surface area contributed by atoms with Crippen molar-refractivity contribution in [2.24, 2.45) is 4.99 Å². The van der Waals surface area contributed by atoms with Crippen LogP contribution in [-0.4, -0.2) is 56.5 Å². The molecule has 1 unspecified atom stereocenters. The normalized spacial score (nSPS) is 21.9. The van der Waals surface area contributed by atoms with Gasteiger partial charge in [-0.15, -0.1) is 0 Å². The van der Waals surface area contributed by atoms with E-state index < -0.39 is 11.1 Å². The third-order valence-corrected chi connectivity index (χ3v) is 9.04. The van der Waals surface area contributed by atoms with Crippen molar-refractivity contribution in [3.63, 3.8) is 0 Å². The zero-order valence-electron chi connectivity index (χ0n) is 22.9. The number of aliphatic imine (C=N–C) groups is 1. The maximum Gasteiger partial charge on any atom is 0.229 e. The number of hydrogen-bond acceptors (Lipinski definition) is 6. The van der Waals surface area contributed by atoms with Crippen LogP contribution in [0.15, 0.2) is 71.7 Å². The highest BCUT2D eigenvalue weighted by atomic mass is 16.5. The molecule has 0 amide bonds. The predicted octanol–water partition coefficient (Wildman–Crippen LogP) is 6.19. The maximum absolute atomic E-state index is 10.2. The van der Waals surface area contributed by atoms with Gasteiger partial charge in [-0.1, -0.05) is 54.6 Å². The van der Waals surface area contributed by atoms with Gasteiger partial charge in [-0.25, -0.2) is 0 Å². The van der Waals surface area contributed by atoms with E-state index in [1.54, 1.807) is 7.11 Å². The molecule has 4 aromatic carbocycles. The first-order chi connectivity index (χ1) is 18.9. The zero-order chi connectivity index (χ0) is 26.8. The molecule has 3 aliphatic heterocycles. The summed E-state index contributed by atoms with van der Waals surface area (Å²) in [5, 5.41) is 14.9. The highest BCUT2D eigenvalue weighted by Gasteiger charge is 2.60. The molecule has 3 heterocycles. The maximum atomic E-state index is 10.2. The van der Waals surface area contributed by atoms with Crippen LogP contribution in [0.2, 0.25) is 0 Å². The third-order valence-electron chi connectivity index (χ3n) is 9.04. The number of fused-ring (bicyclic) bond motifs is 6. The first-order valence-corrected chi connectivity index (χ1v) is 14.0. The summed E-state index contributed by atoms with van der Waals surface area (Å²) in [6.45, 7) is 7.44. The van der Waals surface area contributed by atoms with Crippen molar-refractivity contribution in [2.75, 3.05) is 43.2 Å². The Kier molecular flexibility index (Phi) is 5.62. The fraction of sp³-hybridized carbons (Fsp3) is 0.364. The van der Waals surface area contributed by atoms with E-state index in [1.807, 2.05) is 6.21 Å². The summed E-state index contributed by atoms with van der Waals surface area (Å²) in [4.78, 5) is 9.91. The van der Waals surface area contributed by atoms with Gasteiger partial charge in [0.05, 0.1) is 24.3 Å². The summed E-state index contributed by atoms with van der Waals surface area (Å²) in [6, 6.07) is 23.7. The number of ether oxygens (including phenoxy) is 2. The molecule has 0 aromatic heterocycles. The van der Waals surface area contributed by atoms with Crippen LogP contribution in [0.4, 0.5) is 17.1 Å². The minimum atomic E-state index is -0.817. The minimum absolute atomic E-state index is 0.226. The number of methoxy groups -OCH3 is 1. The number of aliphatic hydroxyl groups is 1. The Bertz CT molecular complexity index is 1610. The molecule has 1 saturated heterocycles. The topological polar surface area (TPSA) is 57.5 Å². The van der Waals surface area contributed by atoms with Crippen LogP contribution in [0, 0.1) is 0 Å². The Labute approximate surface area is 229 Å². The lowest BCUT2D eigenvalue weighted by atomic mass is 9.75. The molecule has 200 valence electrons. The number of piperidine rings is 1. The highest BCUT2D eigenvalue weighted by molar-refractivity contribution is 6.06. The van der Waals surface area contributed by atoms with Crippen molar-refractivity contribution < 1.29 is 14.6 Å². The van der Waals surface area contributed by atoms with E-state index in [0.717, 1.165) is 54.1 Å². The molecule has 0 radical (unpaired) electrons. The fourth-order valence-electron chi connectivity index (χ4n) is 6.96. The van der Waals surface area contributed by atoms with Gasteiger partial charge >= 0.3 is 0 Å². The summed E-state index contributed by atoms with van der Waals surface area (Å²) in [5.41, 5.74) is 3.24. The smallest absolute Gasteiger partial charge is 0.229 e. The predicted molar refractivity (Wildman–Crippen MR) is 159 cm³/mol. The second-order valence-electron chi connectivity index (χ2n) is 11.5. The fourth-order valence-corrected chi connectivity index (χ4v) is 6.96. The third kappa shape index (κ3) is 3.51. The summed E-state index contributed by atoms with van der Waals surface area (Å²) in [7, 11) is 1.74. The molecule has 4 aromatic rings. The van der Waals surface area contributed by atoms with Gasteiger partial charge in [0.15, 0.2) is 5.75 Å². The average molecular weight is 522 g/mol. The van der Waals surface area contributed by atoms with Crippen LogP contribution in [0.5, 0.6) is 5.75 Å². The van der Waals surface area contributed by atoms with E-state index in [1.165, 1.54) is 21.7 Å². The molecular formula is C33H35N3O3. The number of hydrogen-bond donors (Lipinski definition) is 1. The van der Waals surface area contributed by atoms with Crippen molar-refractivity contribution in [1.82, 2.24) is 0 Å². The molecule has 0 aliphatic carbocycles. The SMILES string of the molecule is COCCN1c2ccc3ccccc3c2C(C)(C)C12C=Nc1c(cc(N3CCC(O)CC3)c3ccccc13)O2. The van der Waals surface area contributed by atoms with Crippen molar-refractivity contribution in [1.29, 1.82) is 0 Å². The Morgan fingerprint density at radius 2 is 1.67 bits per heavy atom. The van der Waals surface area contributed by atoms with Gasteiger partial charge in [0, 0.05) is 55.0 Å². The monoisotopic (exact) mass is 521 g/mol. The lowest BCUT2D eigenvalue weighted by molar-refractivity contribution is 0.0720. The van der Waals surface area contributed by atoms with E-state index in [2.05, 4.69) is 90.4 Å². The van der Waals surface area contributed by atoms with E-state index in [4.69, 9.17) is 14.5 Å². The summed E-state index contributed by atoms with van der Waals surface area (Å²) in [5.74, 6) is 0.796. The van der Waals surface area contributed by atoms with Gasteiger partial charge < -0.3 is 24.4 Å². The van der Waals surface area contributed by atoms with E-state index in [9.17, 15) is 5.11 Å². The number of benzene rings is 4. The van der Waals surface area contributed by atoms with Crippen molar-refractivity contribution >= 4 is 44.8 Å². The number of aliphatic hydroxyl groups excluding tert-OH is 1. The quantitative estimate of drug-likeness (QED) is 0.347. The van der Waals surface area contributed by atoms with Crippen LogP contribution in [0.25, 0.3) is 21.5 Å². The molecule has 39 heavy (non-hydrogen) atoms. The lowest BCUT2D eigenvalue weighted by Gasteiger charge is -2.46. The second-order valence-corrected chi connectivity index (χ2v) is 11.5. The summed E-state index contributed by atoms with van der Waals surface area (Å²) in [6.07, 6.45) is 3.35. The van der Waals surface area contributed by atoms with Gasteiger partial charge in [0.25, 0.3) is 0 Å². The Hall–Kier alpha value is -3.61. The highest BCUT2D eigenvalue weighted by Crippen LogP contribution is 2.57. The molecule has 7 rings (SSSR count). The Balaban J connectivity index is 1.41. The van der Waals surface area contributed by atoms with Crippen LogP contribution >= 0.6 is 0 Å². The Morgan fingerprint density at radius 3 is 2.44 bits per heavy atom. The number of anilines is 2.